The van der Waals surface area contributed by atoms with Crippen LogP contribution in [0.3, 0.4) is 0 Å². The van der Waals surface area contributed by atoms with E-state index in [4.69, 9.17) is 4.74 Å². The first kappa shape index (κ1) is 18.5. The molecule has 6 nitrogen and oxygen atoms in total. The predicted octanol–water partition coefficient (Wildman–Crippen LogP) is 2.13. The summed E-state index contributed by atoms with van der Waals surface area (Å²) in [5.41, 5.74) is 2.20. The van der Waals surface area contributed by atoms with Crippen LogP contribution in [0.15, 0.2) is 48.5 Å². The highest BCUT2D eigenvalue weighted by molar-refractivity contribution is 5.97. The highest BCUT2D eigenvalue weighted by Crippen LogP contribution is 2.12. The van der Waals surface area contributed by atoms with E-state index in [0.29, 0.717) is 17.8 Å². The van der Waals surface area contributed by atoms with Gasteiger partial charge in [0.25, 0.3) is 5.91 Å². The number of ether oxygens (including phenoxy) is 1. The van der Waals surface area contributed by atoms with E-state index in [2.05, 4.69) is 10.6 Å². The van der Waals surface area contributed by atoms with Crippen LogP contribution in [0.4, 0.5) is 5.69 Å². The number of benzene rings is 2. The van der Waals surface area contributed by atoms with E-state index in [1.54, 1.807) is 45.5 Å². The van der Waals surface area contributed by atoms with Crippen molar-refractivity contribution < 1.29 is 14.3 Å². The van der Waals surface area contributed by atoms with Gasteiger partial charge < -0.3 is 20.3 Å². The summed E-state index contributed by atoms with van der Waals surface area (Å²) in [7, 11) is 5.01. The molecule has 2 aromatic carbocycles. The Hall–Kier alpha value is -2.86. The fourth-order valence-electron chi connectivity index (χ4n) is 2.26. The second-order valence-corrected chi connectivity index (χ2v) is 5.78. The standard InChI is InChI=1S/C19H23N3O3/c1-22(2)19(24)15-5-4-6-16(11-15)21-18(23)13-20-12-14-7-9-17(25-3)10-8-14/h4-11,20H,12-13H2,1-3H3,(H,21,23). The number of carbonyl (C=O) groups excluding carboxylic acids is 2. The Bertz CT molecular complexity index is 727. The molecule has 0 spiro atoms. The van der Waals surface area contributed by atoms with Gasteiger partial charge in [-0.05, 0) is 35.9 Å². The molecule has 0 bridgehead atoms. The van der Waals surface area contributed by atoms with Crippen LogP contribution in [-0.2, 0) is 11.3 Å². The average molecular weight is 341 g/mol. The van der Waals surface area contributed by atoms with E-state index in [1.807, 2.05) is 24.3 Å². The summed E-state index contributed by atoms with van der Waals surface area (Å²) in [4.78, 5) is 25.5. The second-order valence-electron chi connectivity index (χ2n) is 5.78. The number of carbonyl (C=O) groups is 2. The number of hydrogen-bond acceptors (Lipinski definition) is 4. The number of nitrogens with zero attached hydrogens (tertiary/aromatic N) is 1. The smallest absolute Gasteiger partial charge is 0.253 e. The van der Waals surface area contributed by atoms with E-state index < -0.39 is 0 Å². The van der Waals surface area contributed by atoms with Crippen molar-refractivity contribution in [3.05, 3.63) is 59.7 Å². The van der Waals surface area contributed by atoms with Gasteiger partial charge in [-0.15, -0.1) is 0 Å². The van der Waals surface area contributed by atoms with E-state index >= 15 is 0 Å². The molecule has 132 valence electrons. The van der Waals surface area contributed by atoms with Gasteiger partial charge in [-0.1, -0.05) is 18.2 Å². The lowest BCUT2D eigenvalue weighted by atomic mass is 10.2. The summed E-state index contributed by atoms with van der Waals surface area (Å²) in [5, 5.41) is 5.88. The first-order chi connectivity index (χ1) is 12.0. The van der Waals surface area contributed by atoms with Crippen LogP contribution in [0.1, 0.15) is 15.9 Å². The predicted molar refractivity (Wildman–Crippen MR) is 97.8 cm³/mol. The van der Waals surface area contributed by atoms with E-state index in [1.165, 1.54) is 4.90 Å². The lowest BCUT2D eigenvalue weighted by Crippen LogP contribution is -2.28. The third-order valence-electron chi connectivity index (χ3n) is 3.57. The van der Waals surface area contributed by atoms with Gasteiger partial charge in [0.05, 0.1) is 13.7 Å². The minimum Gasteiger partial charge on any atom is -0.497 e. The van der Waals surface area contributed by atoms with Crippen molar-refractivity contribution in [2.24, 2.45) is 0 Å². The topological polar surface area (TPSA) is 70.7 Å². The van der Waals surface area contributed by atoms with Crippen LogP contribution >= 0.6 is 0 Å². The van der Waals surface area contributed by atoms with Gasteiger partial charge in [0.2, 0.25) is 5.91 Å². The lowest BCUT2D eigenvalue weighted by molar-refractivity contribution is -0.115. The molecule has 0 atom stereocenters. The first-order valence-electron chi connectivity index (χ1n) is 7.95. The van der Waals surface area contributed by atoms with Gasteiger partial charge in [-0.2, -0.15) is 0 Å². The zero-order valence-corrected chi connectivity index (χ0v) is 14.7. The van der Waals surface area contributed by atoms with E-state index in [0.717, 1.165) is 11.3 Å². The normalized spacial score (nSPS) is 10.2. The Balaban J connectivity index is 1.83. The van der Waals surface area contributed by atoms with Crippen molar-refractivity contribution in [3.8, 4) is 5.75 Å². The number of methoxy groups -OCH3 is 1. The van der Waals surface area contributed by atoms with E-state index in [-0.39, 0.29) is 18.4 Å². The third kappa shape index (κ3) is 5.61. The third-order valence-corrected chi connectivity index (χ3v) is 3.57. The zero-order valence-electron chi connectivity index (χ0n) is 14.7. The molecule has 0 aliphatic rings. The number of anilines is 1. The molecule has 0 saturated carbocycles. The van der Waals surface area contributed by atoms with Gasteiger partial charge in [-0.3, -0.25) is 9.59 Å². The minimum atomic E-state index is -0.164. The summed E-state index contributed by atoms with van der Waals surface area (Å²) in [5.74, 6) is 0.533. The number of amides is 2. The highest BCUT2D eigenvalue weighted by atomic mass is 16.5. The molecule has 0 radical (unpaired) electrons. The maximum absolute atomic E-state index is 12.0. The molecular weight excluding hydrogens is 318 g/mol. The van der Waals surface area contributed by atoms with Gasteiger partial charge in [0.15, 0.2) is 0 Å². The number of hydrogen-bond donors (Lipinski definition) is 2. The number of nitrogens with one attached hydrogen (secondary N) is 2. The summed E-state index contributed by atoms with van der Waals surface area (Å²) < 4.78 is 5.11. The molecule has 0 aliphatic carbocycles. The fourth-order valence-corrected chi connectivity index (χ4v) is 2.26. The second kappa shape index (κ2) is 8.84. The van der Waals surface area contributed by atoms with Crippen molar-refractivity contribution in [1.82, 2.24) is 10.2 Å². The summed E-state index contributed by atoms with van der Waals surface area (Å²) in [6.45, 7) is 0.758. The maximum Gasteiger partial charge on any atom is 0.253 e. The van der Waals surface area contributed by atoms with Crippen molar-refractivity contribution in [2.45, 2.75) is 6.54 Å². The molecule has 2 N–H and O–H groups in total. The van der Waals surface area contributed by atoms with Crippen molar-refractivity contribution in [2.75, 3.05) is 33.1 Å². The van der Waals surface area contributed by atoms with Crippen LogP contribution in [-0.4, -0.2) is 44.5 Å². The van der Waals surface area contributed by atoms with Gasteiger partial charge in [0, 0.05) is 31.9 Å². The highest BCUT2D eigenvalue weighted by Gasteiger charge is 2.09. The molecule has 0 heterocycles. The Labute approximate surface area is 147 Å². The molecule has 0 aromatic heterocycles. The van der Waals surface area contributed by atoms with Crippen LogP contribution in [0.5, 0.6) is 5.75 Å². The van der Waals surface area contributed by atoms with Crippen LogP contribution in [0.2, 0.25) is 0 Å². The Morgan fingerprint density at radius 2 is 1.80 bits per heavy atom. The molecule has 0 unspecified atom stereocenters. The zero-order chi connectivity index (χ0) is 18.2. The SMILES string of the molecule is COc1ccc(CNCC(=O)Nc2cccc(C(=O)N(C)C)c2)cc1. The van der Waals surface area contributed by atoms with Crippen LogP contribution in [0.25, 0.3) is 0 Å². The Morgan fingerprint density at radius 1 is 1.08 bits per heavy atom. The van der Waals surface area contributed by atoms with Crippen molar-refractivity contribution >= 4 is 17.5 Å². The van der Waals surface area contributed by atoms with Gasteiger partial charge in [-0.25, -0.2) is 0 Å². The quantitative estimate of drug-likeness (QED) is 0.809. The minimum absolute atomic E-state index is 0.103. The van der Waals surface area contributed by atoms with Gasteiger partial charge in [0.1, 0.15) is 5.75 Å². The molecule has 0 saturated heterocycles. The summed E-state index contributed by atoms with van der Waals surface area (Å²) in [6.07, 6.45) is 0. The molecular formula is C19H23N3O3. The number of rotatable bonds is 7. The molecule has 2 amide bonds. The Kier molecular flexibility index (Phi) is 6.54. The molecule has 6 heteroatoms. The largest absolute Gasteiger partial charge is 0.497 e. The monoisotopic (exact) mass is 341 g/mol. The van der Waals surface area contributed by atoms with Crippen LogP contribution < -0.4 is 15.4 Å². The molecule has 25 heavy (non-hydrogen) atoms. The molecule has 0 aliphatic heterocycles. The summed E-state index contributed by atoms with van der Waals surface area (Å²) in [6, 6.07) is 14.5. The van der Waals surface area contributed by atoms with Crippen molar-refractivity contribution in [1.29, 1.82) is 0 Å². The molecule has 0 fully saturated rings. The lowest BCUT2D eigenvalue weighted by Gasteiger charge is -2.12. The fraction of sp³-hybridized carbons (Fsp3) is 0.263. The maximum atomic E-state index is 12.0. The summed E-state index contributed by atoms with van der Waals surface area (Å²) >= 11 is 0. The van der Waals surface area contributed by atoms with Crippen LogP contribution in [0, 0.1) is 0 Å². The molecule has 2 aromatic rings. The van der Waals surface area contributed by atoms with Gasteiger partial charge >= 0.3 is 0 Å². The Morgan fingerprint density at radius 3 is 2.44 bits per heavy atom. The van der Waals surface area contributed by atoms with E-state index in [9.17, 15) is 9.59 Å². The average Bonchev–Trinajstić information content (AvgIpc) is 2.61. The van der Waals surface area contributed by atoms with Crippen molar-refractivity contribution in [3.63, 3.8) is 0 Å². The molecule has 2 rings (SSSR count). The first-order valence-corrected chi connectivity index (χ1v) is 7.95.